The van der Waals surface area contributed by atoms with E-state index in [-0.39, 0.29) is 17.5 Å². The lowest BCUT2D eigenvalue weighted by Crippen LogP contribution is -2.48. The average Bonchev–Trinajstić information content (AvgIpc) is 3.98. The van der Waals surface area contributed by atoms with Crippen molar-refractivity contribution in [1.29, 1.82) is 0 Å². The van der Waals surface area contributed by atoms with Gasteiger partial charge in [0.2, 0.25) is 17.7 Å². The Labute approximate surface area is 362 Å². The molecule has 18 heteroatoms. The van der Waals surface area contributed by atoms with Crippen molar-refractivity contribution in [2.75, 3.05) is 49.1 Å². The quantitative estimate of drug-likeness (QED) is 0.262. The molecular formula is C42H67BrN10O7. The van der Waals surface area contributed by atoms with Crippen molar-refractivity contribution in [3.05, 3.63) is 22.5 Å². The molecule has 0 amide bonds. The second kappa shape index (κ2) is 19.6. The van der Waals surface area contributed by atoms with Gasteiger partial charge in [-0.2, -0.15) is 0 Å². The Morgan fingerprint density at radius 1 is 0.617 bits per heavy atom. The summed E-state index contributed by atoms with van der Waals surface area (Å²) in [6.45, 7) is 22.8. The predicted molar refractivity (Wildman–Crippen MR) is 227 cm³/mol. The number of halogens is 1. The topological polar surface area (TPSA) is 214 Å². The van der Waals surface area contributed by atoms with Crippen LogP contribution >= 0.6 is 15.9 Å². The largest absolute Gasteiger partial charge is 0.460 e. The van der Waals surface area contributed by atoms with Crippen LogP contribution in [0.3, 0.4) is 0 Å². The highest BCUT2D eigenvalue weighted by atomic mass is 79.9. The van der Waals surface area contributed by atoms with E-state index in [1.807, 2.05) is 48.5 Å². The van der Waals surface area contributed by atoms with Gasteiger partial charge in [0.1, 0.15) is 11.2 Å². The minimum absolute atomic E-state index is 0.0173. The molecule has 6 aliphatic rings. The molecule has 17 nitrogen and oxygen atoms in total. The molecule has 6 bridgehead atoms. The summed E-state index contributed by atoms with van der Waals surface area (Å²) in [6.07, 6.45) is 8.54. The summed E-state index contributed by atoms with van der Waals surface area (Å²) in [5, 5.41) is 26.5. The first-order valence-corrected chi connectivity index (χ1v) is 22.5. The van der Waals surface area contributed by atoms with Crippen molar-refractivity contribution < 1.29 is 32.3 Å². The Bertz CT molecular complexity index is 1790. The summed E-state index contributed by atoms with van der Waals surface area (Å²) in [5.41, 5.74) is 5.39. The Morgan fingerprint density at radius 3 is 1.33 bits per heavy atom. The Balaban J connectivity index is 0.000000142. The maximum atomic E-state index is 12.1. The zero-order valence-electron chi connectivity index (χ0n) is 37.0. The molecule has 3 saturated heterocycles. The smallest absolute Gasteiger partial charge is 0.318 e. The molecule has 3 aliphatic heterocycles. The summed E-state index contributed by atoms with van der Waals surface area (Å²) in [5.74, 6) is 6.35. The fraction of sp³-hybridized carbons (Fsp3) is 0.810. The van der Waals surface area contributed by atoms with Crippen LogP contribution in [0.4, 0.5) is 12.0 Å². The highest BCUT2D eigenvalue weighted by Gasteiger charge is 2.45. The molecule has 3 N–H and O–H groups in total. The number of esters is 2. The molecule has 3 aliphatic carbocycles. The Kier molecular flexibility index (Phi) is 15.0. The van der Waals surface area contributed by atoms with Crippen molar-refractivity contribution in [3.8, 4) is 0 Å². The van der Waals surface area contributed by atoms with E-state index in [1.165, 1.54) is 38.5 Å². The van der Waals surface area contributed by atoms with Gasteiger partial charge >= 0.3 is 24.0 Å². The number of piperidine rings is 3. The third kappa shape index (κ3) is 12.7. The minimum atomic E-state index is -0.405. The normalized spacial score (nSPS) is 29.1. The van der Waals surface area contributed by atoms with Crippen molar-refractivity contribution in [3.63, 3.8) is 0 Å². The third-order valence-electron chi connectivity index (χ3n) is 12.6. The standard InChI is InChI=1S/C16H25N3O3.C13H23NO2.C10H16N4O.C3H3BrN2O/c1-10-17-18-15(21-10)19-8-11-5-6-12(9-19)13(11)7-14(20)22-16(2,3)4;1-13(2,3)16-12(15)6-11-9-4-5-10(11)8-14-7-9;1-6-12-13-10(15-6)14-4-7-2-3-8(5-14)9(7)11;1-2-5-6-3(4)7-2/h11-13H,5-9H2,1-4H3;9-11,14H,4-8H2,1-3H3;7-9H,2-5,11H2,1H3;1H3/t11-,12+,13?;9-,10+,11?;7-,8+,9?;. The maximum absolute atomic E-state index is 12.1. The number of nitrogens with one attached hydrogen (secondary N) is 1. The van der Waals surface area contributed by atoms with Crippen LogP contribution in [-0.4, -0.2) is 99.0 Å². The van der Waals surface area contributed by atoms with Crippen molar-refractivity contribution >= 4 is 39.9 Å². The van der Waals surface area contributed by atoms with E-state index in [0.29, 0.717) is 101 Å². The van der Waals surface area contributed by atoms with Gasteiger partial charge < -0.3 is 43.6 Å². The zero-order chi connectivity index (χ0) is 43.4. The third-order valence-corrected chi connectivity index (χ3v) is 12.9. The van der Waals surface area contributed by atoms with Crippen LogP contribution in [0.2, 0.25) is 0 Å². The van der Waals surface area contributed by atoms with Gasteiger partial charge in [0.15, 0.2) is 0 Å². The van der Waals surface area contributed by atoms with Crippen LogP contribution < -0.4 is 20.9 Å². The van der Waals surface area contributed by atoms with Gasteiger partial charge in [-0.1, -0.05) is 10.2 Å². The van der Waals surface area contributed by atoms with Crippen LogP contribution in [0.1, 0.15) is 111 Å². The molecule has 9 atom stereocenters. The second-order valence-corrected chi connectivity index (χ2v) is 20.2. The highest BCUT2D eigenvalue weighted by Crippen LogP contribution is 2.45. The van der Waals surface area contributed by atoms with Gasteiger partial charge in [0.25, 0.3) is 4.80 Å². The number of nitrogens with two attached hydrogens (primary N) is 1. The number of carbonyl (C=O) groups is 2. The number of anilines is 2. The van der Waals surface area contributed by atoms with E-state index in [4.69, 9.17) is 28.5 Å². The number of rotatable bonds is 6. The summed E-state index contributed by atoms with van der Waals surface area (Å²) < 4.78 is 26.7. The number of fused-ring (bicyclic) bond motifs is 6. The summed E-state index contributed by atoms with van der Waals surface area (Å²) >= 11 is 2.99. The SMILES string of the molecule is CC(C)(C)OC(=O)CC1[C@@H]2CC[C@H]1CNC2.Cc1nnc(Br)o1.Cc1nnc(N2C[C@H]3CC[C@@H](C2)C3CC(=O)OC(C)(C)C)o1.Cc1nnc(N2C[C@H]3CC[C@@H](C2)C3N)o1. The van der Waals surface area contributed by atoms with Gasteiger partial charge in [0.05, 0.1) is 0 Å². The molecule has 334 valence electrons. The van der Waals surface area contributed by atoms with E-state index in [1.54, 1.807) is 13.8 Å². The second-order valence-electron chi connectivity index (χ2n) is 19.5. The van der Waals surface area contributed by atoms with Crippen molar-refractivity contribution in [1.82, 2.24) is 35.9 Å². The van der Waals surface area contributed by atoms with Gasteiger partial charge in [-0.3, -0.25) is 9.59 Å². The Hall–Kier alpha value is -3.64. The molecule has 6 fully saturated rings. The lowest BCUT2D eigenvalue weighted by atomic mass is 9.83. The number of hydrogen-bond donors (Lipinski definition) is 2. The average molecular weight is 904 g/mol. The monoisotopic (exact) mass is 902 g/mol. The molecule has 3 saturated carbocycles. The first-order valence-electron chi connectivity index (χ1n) is 21.8. The molecule has 6 heterocycles. The minimum Gasteiger partial charge on any atom is -0.460 e. The number of hydrogen-bond acceptors (Lipinski definition) is 17. The molecule has 3 aromatic rings. The van der Waals surface area contributed by atoms with E-state index < -0.39 is 5.60 Å². The zero-order valence-corrected chi connectivity index (χ0v) is 38.6. The predicted octanol–water partition coefficient (Wildman–Crippen LogP) is 6.23. The lowest BCUT2D eigenvalue weighted by Gasteiger charge is -2.37. The summed E-state index contributed by atoms with van der Waals surface area (Å²) in [6, 6.07) is 1.66. The van der Waals surface area contributed by atoms with Crippen LogP contribution in [0.25, 0.3) is 0 Å². The molecule has 0 aromatic carbocycles. The summed E-state index contributed by atoms with van der Waals surface area (Å²) in [7, 11) is 0. The van der Waals surface area contributed by atoms with Crippen molar-refractivity contribution in [2.24, 2.45) is 53.1 Å². The molecule has 60 heavy (non-hydrogen) atoms. The number of ether oxygens (including phenoxy) is 2. The van der Waals surface area contributed by atoms with E-state index in [2.05, 4.69) is 61.6 Å². The molecule has 0 spiro atoms. The molecule has 0 radical (unpaired) electrons. The van der Waals surface area contributed by atoms with Gasteiger partial charge in [-0.15, -0.1) is 20.4 Å². The number of carbonyl (C=O) groups excluding carboxylic acids is 2. The Morgan fingerprint density at radius 2 is 0.983 bits per heavy atom. The lowest BCUT2D eigenvalue weighted by molar-refractivity contribution is -0.158. The number of aromatic nitrogens is 6. The number of aryl methyl sites for hydroxylation is 3. The fourth-order valence-electron chi connectivity index (χ4n) is 10.0. The summed E-state index contributed by atoms with van der Waals surface area (Å²) in [4.78, 5) is 28.7. The molecule has 9 rings (SSSR count). The van der Waals surface area contributed by atoms with Gasteiger partial charge in [0, 0.05) is 81.8 Å². The van der Waals surface area contributed by atoms with Crippen LogP contribution in [0.5, 0.6) is 0 Å². The number of nitrogens with zero attached hydrogens (tertiary/aromatic N) is 8. The molecule has 3 aromatic heterocycles. The van der Waals surface area contributed by atoms with Crippen LogP contribution in [-0.2, 0) is 19.1 Å². The maximum Gasteiger partial charge on any atom is 0.318 e. The molecular weight excluding hydrogens is 836 g/mol. The van der Waals surface area contributed by atoms with Gasteiger partial charge in [-0.25, -0.2) is 0 Å². The van der Waals surface area contributed by atoms with E-state index >= 15 is 0 Å². The van der Waals surface area contributed by atoms with Gasteiger partial charge in [-0.05, 0) is 141 Å². The van der Waals surface area contributed by atoms with Crippen molar-refractivity contribution in [2.45, 2.75) is 131 Å². The van der Waals surface area contributed by atoms with Crippen LogP contribution in [0, 0.1) is 68.1 Å². The van der Waals surface area contributed by atoms with Crippen LogP contribution in [0.15, 0.2) is 18.1 Å². The van der Waals surface area contributed by atoms with E-state index in [9.17, 15) is 9.59 Å². The van der Waals surface area contributed by atoms with E-state index in [0.717, 1.165) is 39.3 Å². The highest BCUT2D eigenvalue weighted by molar-refractivity contribution is 9.10. The first kappa shape index (κ1) is 45.9. The first-order chi connectivity index (χ1) is 28.3. The fourth-order valence-corrected chi connectivity index (χ4v) is 10.3. The molecule has 3 unspecified atom stereocenters.